The van der Waals surface area contributed by atoms with Gasteiger partial charge in [0.2, 0.25) is 5.91 Å². The van der Waals surface area contributed by atoms with Crippen LogP contribution in [0.15, 0.2) is 18.2 Å². The Bertz CT molecular complexity index is 661. The smallest absolute Gasteiger partial charge is 0.307 e. The van der Waals surface area contributed by atoms with Crippen LogP contribution in [0.5, 0.6) is 5.75 Å². The van der Waals surface area contributed by atoms with Gasteiger partial charge < -0.3 is 14.7 Å². The summed E-state index contributed by atoms with van der Waals surface area (Å²) in [6.45, 7) is 2.11. The van der Waals surface area contributed by atoms with Crippen molar-refractivity contribution in [2.45, 2.75) is 32.1 Å². The Balaban J connectivity index is 1.35. The zero-order valence-corrected chi connectivity index (χ0v) is 13.1. The summed E-state index contributed by atoms with van der Waals surface area (Å²) in [5.74, 6) is 0.224. The molecule has 0 radical (unpaired) electrons. The standard InChI is InChI=1S/C18H21NO4/c20-16(10-12-1-2-15-13(9-12)3-8-23-15)19-6-4-18(5-7-19)11-14(18)17(21)22/h1-2,9,14H,3-8,10-11H2,(H,21,22)/t14-/m1/s1. The first-order valence-electron chi connectivity index (χ1n) is 8.33. The monoisotopic (exact) mass is 315 g/mol. The van der Waals surface area contributed by atoms with Gasteiger partial charge in [-0.1, -0.05) is 12.1 Å². The van der Waals surface area contributed by atoms with Crippen LogP contribution in [0.4, 0.5) is 0 Å². The Morgan fingerprint density at radius 2 is 2.09 bits per heavy atom. The molecule has 1 atom stereocenters. The highest BCUT2D eigenvalue weighted by atomic mass is 16.5. The number of hydrogen-bond acceptors (Lipinski definition) is 3. The molecular weight excluding hydrogens is 294 g/mol. The molecule has 2 aliphatic heterocycles. The molecular formula is C18H21NO4. The number of rotatable bonds is 3. The van der Waals surface area contributed by atoms with Crippen molar-refractivity contribution in [2.75, 3.05) is 19.7 Å². The third-order valence-corrected chi connectivity index (χ3v) is 5.71. The minimum Gasteiger partial charge on any atom is -0.493 e. The number of benzene rings is 1. The number of piperidine rings is 1. The van der Waals surface area contributed by atoms with Crippen LogP contribution in [0.25, 0.3) is 0 Å². The van der Waals surface area contributed by atoms with E-state index in [0.717, 1.165) is 43.6 Å². The largest absolute Gasteiger partial charge is 0.493 e. The Morgan fingerprint density at radius 1 is 1.30 bits per heavy atom. The lowest BCUT2D eigenvalue weighted by Gasteiger charge is -2.32. The third-order valence-electron chi connectivity index (χ3n) is 5.71. The van der Waals surface area contributed by atoms with E-state index in [1.54, 1.807) is 0 Å². The average molecular weight is 315 g/mol. The molecule has 3 aliphatic rings. The Kier molecular flexibility index (Phi) is 3.32. The Morgan fingerprint density at radius 3 is 2.78 bits per heavy atom. The first-order valence-corrected chi connectivity index (χ1v) is 8.33. The molecule has 1 saturated heterocycles. The van der Waals surface area contributed by atoms with Gasteiger partial charge in [0, 0.05) is 19.5 Å². The van der Waals surface area contributed by atoms with Gasteiger partial charge in [-0.2, -0.15) is 0 Å². The number of likely N-dealkylation sites (tertiary alicyclic amines) is 1. The molecule has 4 rings (SSSR count). The number of ether oxygens (including phenoxy) is 1. The summed E-state index contributed by atoms with van der Waals surface area (Å²) >= 11 is 0. The molecule has 122 valence electrons. The number of hydrogen-bond donors (Lipinski definition) is 1. The van der Waals surface area contributed by atoms with Crippen LogP contribution < -0.4 is 4.74 Å². The van der Waals surface area contributed by atoms with E-state index in [4.69, 9.17) is 9.84 Å². The maximum Gasteiger partial charge on any atom is 0.307 e. The topological polar surface area (TPSA) is 66.8 Å². The summed E-state index contributed by atoms with van der Waals surface area (Å²) < 4.78 is 5.49. The second-order valence-corrected chi connectivity index (χ2v) is 7.06. The quantitative estimate of drug-likeness (QED) is 0.925. The maximum atomic E-state index is 12.5. The fraction of sp³-hybridized carbons (Fsp3) is 0.556. The van der Waals surface area contributed by atoms with Gasteiger partial charge in [0.15, 0.2) is 0 Å². The number of carbonyl (C=O) groups excluding carboxylic acids is 1. The highest BCUT2D eigenvalue weighted by Gasteiger charge is 2.59. The van der Waals surface area contributed by atoms with Gasteiger partial charge in [0.1, 0.15) is 5.75 Å². The van der Waals surface area contributed by atoms with Crippen LogP contribution in [0.3, 0.4) is 0 Å². The first-order chi connectivity index (χ1) is 11.1. The van der Waals surface area contributed by atoms with Gasteiger partial charge in [-0.3, -0.25) is 9.59 Å². The molecule has 1 spiro atoms. The molecule has 1 aliphatic carbocycles. The molecule has 0 unspecified atom stereocenters. The van der Waals surface area contributed by atoms with Crippen LogP contribution in [-0.2, 0) is 22.4 Å². The third kappa shape index (κ3) is 2.58. The fourth-order valence-electron chi connectivity index (χ4n) is 4.09. The zero-order valence-electron chi connectivity index (χ0n) is 13.1. The second kappa shape index (κ2) is 5.25. The van der Waals surface area contributed by atoms with E-state index in [1.165, 1.54) is 5.56 Å². The predicted octanol–water partition coefficient (Wildman–Crippen LogP) is 1.88. The molecule has 5 heteroatoms. The number of carboxylic acid groups (broad SMARTS) is 1. The molecule has 5 nitrogen and oxygen atoms in total. The van der Waals surface area contributed by atoms with Crippen LogP contribution in [0, 0.1) is 11.3 Å². The van der Waals surface area contributed by atoms with E-state index in [0.29, 0.717) is 19.5 Å². The molecule has 1 aromatic carbocycles. The van der Waals surface area contributed by atoms with Crippen LogP contribution >= 0.6 is 0 Å². The summed E-state index contributed by atoms with van der Waals surface area (Å²) in [5, 5.41) is 9.13. The molecule has 1 amide bonds. The number of aliphatic carboxylic acids is 1. The van der Waals surface area contributed by atoms with Crippen LogP contribution in [0.2, 0.25) is 0 Å². The van der Waals surface area contributed by atoms with E-state index in [9.17, 15) is 9.59 Å². The van der Waals surface area contributed by atoms with Crippen molar-refractivity contribution in [2.24, 2.45) is 11.3 Å². The van der Waals surface area contributed by atoms with E-state index < -0.39 is 5.97 Å². The normalized spacial score (nSPS) is 24.2. The number of carbonyl (C=O) groups is 2. The number of carboxylic acids is 1. The van der Waals surface area contributed by atoms with Crippen molar-refractivity contribution in [3.05, 3.63) is 29.3 Å². The number of nitrogens with zero attached hydrogens (tertiary/aromatic N) is 1. The van der Waals surface area contributed by atoms with Gasteiger partial charge in [0.05, 0.1) is 18.9 Å². The molecule has 23 heavy (non-hydrogen) atoms. The molecule has 1 saturated carbocycles. The fourth-order valence-corrected chi connectivity index (χ4v) is 4.09. The van der Waals surface area contributed by atoms with Gasteiger partial charge in [-0.05, 0) is 41.9 Å². The molecule has 1 aromatic rings. The lowest BCUT2D eigenvalue weighted by Crippen LogP contribution is -2.40. The van der Waals surface area contributed by atoms with Crippen molar-refractivity contribution in [3.8, 4) is 5.75 Å². The van der Waals surface area contributed by atoms with Crippen molar-refractivity contribution in [3.63, 3.8) is 0 Å². The zero-order chi connectivity index (χ0) is 16.0. The summed E-state index contributed by atoms with van der Waals surface area (Å²) in [4.78, 5) is 25.5. The lowest BCUT2D eigenvalue weighted by molar-refractivity contribution is -0.139. The van der Waals surface area contributed by atoms with Gasteiger partial charge in [-0.15, -0.1) is 0 Å². The highest BCUT2D eigenvalue weighted by molar-refractivity contribution is 5.79. The SMILES string of the molecule is O=C(O)[C@H]1CC12CCN(C(=O)Cc1ccc3c(c1)CCO3)CC2. The van der Waals surface area contributed by atoms with E-state index in [-0.39, 0.29) is 17.2 Å². The van der Waals surface area contributed by atoms with E-state index in [1.807, 2.05) is 17.0 Å². The lowest BCUT2D eigenvalue weighted by atomic mass is 9.90. The van der Waals surface area contributed by atoms with Gasteiger partial charge in [0.25, 0.3) is 0 Å². The van der Waals surface area contributed by atoms with E-state index >= 15 is 0 Å². The van der Waals surface area contributed by atoms with Crippen molar-refractivity contribution < 1.29 is 19.4 Å². The maximum absolute atomic E-state index is 12.5. The Hall–Kier alpha value is -2.04. The molecule has 0 aromatic heterocycles. The summed E-state index contributed by atoms with van der Waals surface area (Å²) in [6.07, 6.45) is 3.78. The summed E-state index contributed by atoms with van der Waals surface area (Å²) in [6, 6.07) is 6.00. The number of amides is 1. The minimum atomic E-state index is -0.676. The van der Waals surface area contributed by atoms with Gasteiger partial charge >= 0.3 is 5.97 Å². The summed E-state index contributed by atoms with van der Waals surface area (Å²) in [5.41, 5.74) is 2.21. The van der Waals surface area contributed by atoms with Crippen LogP contribution in [-0.4, -0.2) is 41.6 Å². The van der Waals surface area contributed by atoms with Crippen molar-refractivity contribution in [1.29, 1.82) is 0 Å². The molecule has 1 N–H and O–H groups in total. The second-order valence-electron chi connectivity index (χ2n) is 7.06. The minimum absolute atomic E-state index is 0.0203. The Labute approximate surface area is 135 Å². The first kappa shape index (κ1) is 14.5. The molecule has 2 fully saturated rings. The molecule has 2 heterocycles. The molecule has 0 bridgehead atoms. The van der Waals surface area contributed by atoms with Crippen molar-refractivity contribution >= 4 is 11.9 Å². The number of fused-ring (bicyclic) bond motifs is 1. The predicted molar refractivity (Wildman–Crippen MR) is 83.3 cm³/mol. The van der Waals surface area contributed by atoms with Gasteiger partial charge in [-0.25, -0.2) is 0 Å². The summed E-state index contributed by atoms with van der Waals surface area (Å²) in [7, 11) is 0. The van der Waals surface area contributed by atoms with E-state index in [2.05, 4.69) is 6.07 Å². The average Bonchev–Trinajstić information content (AvgIpc) is 3.04. The highest BCUT2D eigenvalue weighted by Crippen LogP contribution is 2.59. The van der Waals surface area contributed by atoms with Crippen molar-refractivity contribution in [1.82, 2.24) is 4.90 Å². The van der Waals surface area contributed by atoms with Crippen LogP contribution in [0.1, 0.15) is 30.4 Å².